The Morgan fingerprint density at radius 2 is 1.51 bits per heavy atom. The van der Waals surface area contributed by atoms with E-state index in [0.717, 1.165) is 60.1 Å². The van der Waals surface area contributed by atoms with Gasteiger partial charge in [-0.15, -0.1) is 0 Å². The Morgan fingerprint density at radius 1 is 0.897 bits per heavy atom. The van der Waals surface area contributed by atoms with Crippen molar-refractivity contribution in [3.8, 4) is 11.4 Å². The first-order valence-corrected chi connectivity index (χ1v) is 13.9. The van der Waals surface area contributed by atoms with Gasteiger partial charge < -0.3 is 9.30 Å². The van der Waals surface area contributed by atoms with Gasteiger partial charge in [-0.1, -0.05) is 92.1 Å². The van der Waals surface area contributed by atoms with Gasteiger partial charge in [0.25, 0.3) is 5.91 Å². The van der Waals surface area contributed by atoms with Crippen molar-refractivity contribution in [1.29, 1.82) is 0 Å². The fraction of sp³-hybridized carbons (Fsp3) is 0.364. The summed E-state index contributed by atoms with van der Waals surface area (Å²) in [5, 5.41) is 0. The Hall–Kier alpha value is -3.93. The Bertz CT molecular complexity index is 1420. The van der Waals surface area contributed by atoms with Crippen LogP contribution in [0.5, 0.6) is 0 Å². The molecule has 6 heteroatoms. The number of imidazole rings is 1. The molecule has 1 heterocycles. The van der Waals surface area contributed by atoms with Gasteiger partial charge in [0.15, 0.2) is 0 Å². The molecule has 1 aliphatic carbocycles. The van der Waals surface area contributed by atoms with Gasteiger partial charge in [-0.25, -0.2) is 14.7 Å². The molecule has 5 rings (SSSR count). The van der Waals surface area contributed by atoms with Crippen LogP contribution in [0, 0.1) is 5.92 Å². The molecule has 39 heavy (non-hydrogen) atoms. The van der Waals surface area contributed by atoms with Gasteiger partial charge in [-0.2, -0.15) is 0 Å². The lowest BCUT2D eigenvalue weighted by atomic mass is 9.83. The van der Waals surface area contributed by atoms with E-state index in [1.165, 1.54) is 4.90 Å². The van der Waals surface area contributed by atoms with Crippen molar-refractivity contribution >= 4 is 23.0 Å². The molecular weight excluding hydrogens is 486 g/mol. The van der Waals surface area contributed by atoms with Crippen molar-refractivity contribution in [3.05, 3.63) is 90.5 Å². The molecule has 2 amide bonds. The van der Waals surface area contributed by atoms with Crippen LogP contribution in [0.25, 0.3) is 22.4 Å². The van der Waals surface area contributed by atoms with Crippen molar-refractivity contribution in [2.24, 2.45) is 5.92 Å². The largest absolute Gasteiger partial charge is 0.443 e. The van der Waals surface area contributed by atoms with E-state index in [1.807, 2.05) is 106 Å². The summed E-state index contributed by atoms with van der Waals surface area (Å²) in [6, 6.07) is 27.0. The molecule has 3 aromatic carbocycles. The van der Waals surface area contributed by atoms with Gasteiger partial charge in [0, 0.05) is 5.56 Å². The van der Waals surface area contributed by atoms with Gasteiger partial charge in [0.1, 0.15) is 17.5 Å². The zero-order valence-corrected chi connectivity index (χ0v) is 23.0. The van der Waals surface area contributed by atoms with E-state index in [0.29, 0.717) is 0 Å². The van der Waals surface area contributed by atoms with Crippen LogP contribution >= 0.6 is 0 Å². The molecule has 1 aliphatic rings. The number of carbonyl (C=O) groups excluding carboxylic acids is 2. The first-order valence-electron chi connectivity index (χ1n) is 13.9. The van der Waals surface area contributed by atoms with Crippen LogP contribution in [0.1, 0.15) is 64.5 Å². The van der Waals surface area contributed by atoms with Crippen LogP contribution in [0.4, 0.5) is 4.79 Å². The molecule has 1 fully saturated rings. The lowest BCUT2D eigenvalue weighted by Gasteiger charge is -2.35. The van der Waals surface area contributed by atoms with Crippen molar-refractivity contribution < 1.29 is 14.3 Å². The van der Waals surface area contributed by atoms with Crippen LogP contribution < -0.4 is 0 Å². The number of benzene rings is 3. The summed E-state index contributed by atoms with van der Waals surface area (Å²) in [6.45, 7) is 5.62. The maximum absolute atomic E-state index is 14.8. The second-order valence-corrected chi connectivity index (χ2v) is 11.4. The zero-order valence-electron chi connectivity index (χ0n) is 23.0. The number of fused-ring (bicyclic) bond motifs is 1. The number of nitrogens with zero attached hydrogens (tertiary/aromatic N) is 3. The molecule has 1 unspecified atom stereocenters. The Balaban J connectivity index is 1.67. The molecule has 202 valence electrons. The second-order valence-electron chi connectivity index (χ2n) is 11.4. The lowest BCUT2D eigenvalue weighted by molar-refractivity contribution is -0.136. The molecule has 0 aliphatic heterocycles. The van der Waals surface area contributed by atoms with Crippen molar-refractivity contribution in [2.45, 2.75) is 71.1 Å². The van der Waals surface area contributed by atoms with Crippen LogP contribution in [0.15, 0.2) is 84.9 Å². The number of hydrogen-bond donors (Lipinski definition) is 0. The summed E-state index contributed by atoms with van der Waals surface area (Å²) in [7, 11) is 0. The smallest absolute Gasteiger partial charge is 0.417 e. The minimum Gasteiger partial charge on any atom is -0.443 e. The van der Waals surface area contributed by atoms with Gasteiger partial charge in [0.2, 0.25) is 0 Å². The molecule has 6 nitrogen and oxygen atoms in total. The molecular formula is C33H37N3O3. The fourth-order valence-corrected chi connectivity index (χ4v) is 5.56. The van der Waals surface area contributed by atoms with Crippen molar-refractivity contribution in [1.82, 2.24) is 14.5 Å². The second kappa shape index (κ2) is 11.4. The highest BCUT2D eigenvalue weighted by Crippen LogP contribution is 2.39. The summed E-state index contributed by atoms with van der Waals surface area (Å²) in [6.07, 6.45) is 4.51. The van der Waals surface area contributed by atoms with E-state index >= 15 is 0 Å². The molecule has 0 radical (unpaired) electrons. The van der Waals surface area contributed by atoms with Crippen LogP contribution in [-0.2, 0) is 16.1 Å². The van der Waals surface area contributed by atoms with Gasteiger partial charge >= 0.3 is 6.09 Å². The summed E-state index contributed by atoms with van der Waals surface area (Å²) >= 11 is 0. The Morgan fingerprint density at radius 3 is 2.18 bits per heavy atom. The summed E-state index contributed by atoms with van der Waals surface area (Å²) in [5.74, 6) is 0.567. The molecule has 1 saturated carbocycles. The number of rotatable bonds is 6. The third-order valence-electron chi connectivity index (χ3n) is 7.32. The number of carbonyl (C=O) groups is 2. The summed E-state index contributed by atoms with van der Waals surface area (Å²) in [5.41, 5.74) is 2.80. The van der Waals surface area contributed by atoms with E-state index in [2.05, 4.69) is 4.57 Å². The predicted molar refractivity (Wildman–Crippen MR) is 154 cm³/mol. The van der Waals surface area contributed by atoms with Crippen molar-refractivity contribution in [2.75, 3.05) is 0 Å². The van der Waals surface area contributed by atoms with E-state index < -0.39 is 17.7 Å². The maximum Gasteiger partial charge on any atom is 0.417 e. The molecule has 1 atom stereocenters. The highest BCUT2D eigenvalue weighted by Gasteiger charge is 2.40. The number of aromatic nitrogens is 2. The Labute approximate surface area is 230 Å². The number of amides is 2. The molecule has 0 spiro atoms. The van der Waals surface area contributed by atoms with Gasteiger partial charge in [-0.05, 0) is 57.2 Å². The highest BCUT2D eigenvalue weighted by atomic mass is 16.6. The fourth-order valence-electron chi connectivity index (χ4n) is 5.56. The van der Waals surface area contributed by atoms with E-state index in [1.54, 1.807) is 0 Å². The van der Waals surface area contributed by atoms with E-state index in [9.17, 15) is 9.59 Å². The molecule has 4 aromatic rings. The SMILES string of the molecule is CC(C)(C)OC(=O)N(Cc1ccccc1)C(=O)C(C1CCCCC1)n1c(-c2ccccc2)nc2ccccc21. The van der Waals surface area contributed by atoms with Gasteiger partial charge in [-0.3, -0.25) is 4.79 Å². The van der Waals surface area contributed by atoms with E-state index in [4.69, 9.17) is 9.72 Å². The molecule has 0 saturated heterocycles. The quantitative estimate of drug-likeness (QED) is 0.259. The van der Waals surface area contributed by atoms with Crippen molar-refractivity contribution in [3.63, 3.8) is 0 Å². The first kappa shape index (κ1) is 26.7. The molecule has 1 aromatic heterocycles. The monoisotopic (exact) mass is 523 g/mol. The third-order valence-corrected chi connectivity index (χ3v) is 7.32. The predicted octanol–water partition coefficient (Wildman–Crippen LogP) is 7.79. The van der Waals surface area contributed by atoms with Crippen LogP contribution in [0.3, 0.4) is 0 Å². The molecule has 0 bridgehead atoms. The topological polar surface area (TPSA) is 64.4 Å². The number of para-hydroxylation sites is 2. The average Bonchev–Trinajstić information content (AvgIpc) is 3.32. The Kier molecular flexibility index (Phi) is 7.82. The number of hydrogen-bond acceptors (Lipinski definition) is 4. The minimum absolute atomic E-state index is 0.0760. The van der Waals surface area contributed by atoms with Crippen LogP contribution in [0.2, 0.25) is 0 Å². The lowest BCUT2D eigenvalue weighted by Crippen LogP contribution is -2.46. The first-order chi connectivity index (χ1) is 18.8. The standard InChI is InChI=1S/C33H37N3O3/c1-33(2,3)39-32(38)35(23-24-15-7-4-8-16-24)31(37)29(25-17-9-5-10-18-25)36-28-22-14-13-21-27(28)34-30(36)26-19-11-6-12-20-26/h4,6-8,11-16,19-22,25,29H,5,9-10,17-18,23H2,1-3H3. The van der Waals surface area contributed by atoms with Crippen LogP contribution in [-0.4, -0.2) is 32.1 Å². The van der Waals surface area contributed by atoms with E-state index in [-0.39, 0.29) is 18.4 Å². The third kappa shape index (κ3) is 6.06. The maximum atomic E-state index is 14.8. The summed E-state index contributed by atoms with van der Waals surface area (Å²) < 4.78 is 7.88. The minimum atomic E-state index is -0.733. The number of imide groups is 1. The molecule has 0 N–H and O–H groups in total. The zero-order chi connectivity index (χ0) is 27.4. The van der Waals surface area contributed by atoms with Gasteiger partial charge in [0.05, 0.1) is 17.6 Å². The normalized spacial score (nSPS) is 15.2. The average molecular weight is 524 g/mol. The highest BCUT2D eigenvalue weighted by molar-refractivity contribution is 5.96. The summed E-state index contributed by atoms with van der Waals surface area (Å²) in [4.78, 5) is 34.7. The number of ether oxygens (including phenoxy) is 1.